The third kappa shape index (κ3) is 4.32. The summed E-state index contributed by atoms with van der Waals surface area (Å²) in [5.41, 5.74) is 1.36. The van der Waals surface area contributed by atoms with Gasteiger partial charge in [-0.15, -0.1) is 0 Å². The fourth-order valence-electron chi connectivity index (χ4n) is 2.43. The van der Waals surface area contributed by atoms with Crippen LogP contribution in [0.5, 0.6) is 0 Å². The highest BCUT2D eigenvalue weighted by Crippen LogP contribution is 2.25. The van der Waals surface area contributed by atoms with Crippen LogP contribution in [0.1, 0.15) is 24.8 Å². The number of rotatable bonds is 7. The van der Waals surface area contributed by atoms with Gasteiger partial charge in [0.05, 0.1) is 10.6 Å². The molecule has 1 fully saturated rings. The summed E-state index contributed by atoms with van der Waals surface area (Å²) in [4.78, 5) is 11.4. The van der Waals surface area contributed by atoms with E-state index in [0.717, 1.165) is 18.4 Å². The van der Waals surface area contributed by atoms with Crippen molar-refractivity contribution < 1.29 is 21.6 Å². The van der Waals surface area contributed by atoms with Crippen molar-refractivity contribution in [2.75, 3.05) is 17.6 Å². The number of hydrogen-bond acceptors (Lipinski definition) is 5. The van der Waals surface area contributed by atoms with Gasteiger partial charge in [0.1, 0.15) is 0 Å². The van der Waals surface area contributed by atoms with Gasteiger partial charge in [0.25, 0.3) is 0 Å². The first-order chi connectivity index (χ1) is 11.3. The Hall–Kier alpha value is -1.49. The molecule has 0 bridgehead atoms. The second-order valence-corrected chi connectivity index (χ2v) is 9.62. The van der Waals surface area contributed by atoms with E-state index in [1.54, 1.807) is 6.07 Å². The van der Waals surface area contributed by atoms with E-state index in [0.29, 0.717) is 18.5 Å². The highest BCUT2D eigenvalue weighted by Gasteiger charge is 2.27. The molecule has 1 aliphatic carbocycles. The largest absolute Gasteiger partial charge is 0.326 e. The van der Waals surface area contributed by atoms with Crippen molar-refractivity contribution in [1.82, 2.24) is 9.44 Å². The summed E-state index contributed by atoms with van der Waals surface area (Å²) in [5, 5.41) is 2.68. The summed E-state index contributed by atoms with van der Waals surface area (Å²) in [6.45, 7) is -0.196. The lowest BCUT2D eigenvalue weighted by molar-refractivity contribution is -0.116. The predicted octanol–water partition coefficient (Wildman–Crippen LogP) is -0.0686. The number of carbonyl (C=O) groups is 1. The fourth-order valence-corrected chi connectivity index (χ4v) is 4.88. The predicted molar refractivity (Wildman–Crippen MR) is 88.5 cm³/mol. The maximum absolute atomic E-state index is 12.3. The van der Waals surface area contributed by atoms with Gasteiger partial charge < -0.3 is 5.32 Å². The minimum atomic E-state index is -3.80. The van der Waals surface area contributed by atoms with Crippen LogP contribution < -0.4 is 14.8 Å². The quantitative estimate of drug-likeness (QED) is 0.618. The van der Waals surface area contributed by atoms with E-state index in [2.05, 4.69) is 14.8 Å². The highest BCUT2D eigenvalue weighted by atomic mass is 32.2. The number of nitrogens with one attached hydrogen (secondary N) is 3. The number of fused-ring (bicyclic) bond motifs is 1. The Labute approximate surface area is 141 Å². The molecule has 8 nitrogen and oxygen atoms in total. The molecule has 0 radical (unpaired) electrons. The van der Waals surface area contributed by atoms with E-state index in [-0.39, 0.29) is 29.1 Å². The summed E-state index contributed by atoms with van der Waals surface area (Å²) >= 11 is 0. The van der Waals surface area contributed by atoms with Crippen molar-refractivity contribution in [3.05, 3.63) is 23.8 Å². The van der Waals surface area contributed by atoms with Gasteiger partial charge in [-0.1, -0.05) is 0 Å². The first-order valence-corrected chi connectivity index (χ1v) is 10.8. The van der Waals surface area contributed by atoms with Gasteiger partial charge in [-0.05, 0) is 43.0 Å². The van der Waals surface area contributed by atoms with Crippen molar-refractivity contribution >= 4 is 31.6 Å². The molecule has 0 unspecified atom stereocenters. The maximum atomic E-state index is 12.3. The lowest BCUT2D eigenvalue weighted by atomic mass is 10.0. The van der Waals surface area contributed by atoms with E-state index < -0.39 is 20.0 Å². The van der Waals surface area contributed by atoms with E-state index in [9.17, 15) is 21.6 Å². The van der Waals surface area contributed by atoms with Crippen LogP contribution in [0.15, 0.2) is 23.1 Å². The number of anilines is 1. The first kappa shape index (κ1) is 17.3. The van der Waals surface area contributed by atoms with Crippen molar-refractivity contribution in [1.29, 1.82) is 0 Å². The van der Waals surface area contributed by atoms with E-state index in [1.807, 2.05) is 0 Å². The van der Waals surface area contributed by atoms with E-state index in [4.69, 9.17) is 0 Å². The number of benzene rings is 1. The number of carbonyl (C=O) groups excluding carboxylic acids is 1. The van der Waals surface area contributed by atoms with Crippen molar-refractivity contribution in [3.63, 3.8) is 0 Å². The molecule has 1 aromatic carbocycles. The monoisotopic (exact) mass is 373 g/mol. The molecule has 132 valence electrons. The molecular weight excluding hydrogens is 354 g/mol. The maximum Gasteiger partial charge on any atom is 0.240 e. The zero-order chi connectivity index (χ0) is 17.4. The van der Waals surface area contributed by atoms with Crippen molar-refractivity contribution in [2.45, 2.75) is 36.6 Å². The standard InChI is InChI=1S/C14H19N3O5S2/c18-14-6-1-10-9-12(4-5-13(10)16-14)24(21,22)15-7-8-23(19,20)17-11-2-3-11/h4-5,9,11,15,17H,1-3,6-8H2,(H,16,18). The second kappa shape index (κ2) is 6.43. The molecule has 0 atom stereocenters. The van der Waals surface area contributed by atoms with Crippen molar-refractivity contribution in [2.24, 2.45) is 0 Å². The Morgan fingerprint density at radius 3 is 2.58 bits per heavy atom. The average Bonchev–Trinajstić information content (AvgIpc) is 3.29. The SMILES string of the molecule is O=C1CCc2cc(S(=O)(=O)NCCS(=O)(=O)NC3CC3)ccc2N1. The molecule has 0 saturated heterocycles. The molecule has 24 heavy (non-hydrogen) atoms. The summed E-state index contributed by atoms with van der Waals surface area (Å²) in [6, 6.07) is 4.45. The van der Waals surface area contributed by atoms with Crippen molar-refractivity contribution in [3.8, 4) is 0 Å². The Balaban J connectivity index is 1.64. The van der Waals surface area contributed by atoms with Gasteiger partial charge in [0, 0.05) is 24.7 Å². The number of amides is 1. The Morgan fingerprint density at radius 2 is 1.88 bits per heavy atom. The van der Waals surface area contributed by atoms with Crippen LogP contribution in [0.2, 0.25) is 0 Å². The molecule has 0 spiro atoms. The van der Waals surface area contributed by atoms with Crippen LogP contribution in [-0.2, 0) is 31.3 Å². The zero-order valence-electron chi connectivity index (χ0n) is 12.9. The molecule has 2 aliphatic rings. The Morgan fingerprint density at radius 1 is 1.12 bits per heavy atom. The third-order valence-corrected chi connectivity index (χ3v) is 6.76. The van der Waals surface area contributed by atoms with Gasteiger partial charge in [-0.25, -0.2) is 26.3 Å². The molecule has 1 amide bonds. The summed E-state index contributed by atoms with van der Waals surface area (Å²) < 4.78 is 52.9. The molecule has 1 heterocycles. The normalized spacial score (nSPS) is 18.1. The molecule has 10 heteroatoms. The summed E-state index contributed by atoms with van der Waals surface area (Å²) in [5.74, 6) is -0.395. The van der Waals surface area contributed by atoms with E-state index in [1.165, 1.54) is 12.1 Å². The molecular formula is C14H19N3O5S2. The second-order valence-electron chi connectivity index (χ2n) is 5.98. The molecule has 0 aromatic heterocycles. The Kier molecular flexibility index (Phi) is 4.65. The van der Waals surface area contributed by atoms with Crippen LogP contribution in [-0.4, -0.2) is 41.1 Å². The average molecular weight is 373 g/mol. The van der Waals surface area contributed by atoms with Crippen LogP contribution in [0, 0.1) is 0 Å². The third-order valence-electron chi connectivity index (χ3n) is 3.87. The molecule has 1 aliphatic heterocycles. The topological polar surface area (TPSA) is 121 Å². The Bertz CT molecular complexity index is 860. The van der Waals surface area contributed by atoms with Crippen LogP contribution in [0.4, 0.5) is 5.69 Å². The van der Waals surface area contributed by atoms with Gasteiger partial charge in [-0.3, -0.25) is 4.79 Å². The molecule has 1 saturated carbocycles. The first-order valence-electron chi connectivity index (χ1n) is 7.68. The smallest absolute Gasteiger partial charge is 0.240 e. The highest BCUT2D eigenvalue weighted by molar-refractivity contribution is 7.90. The van der Waals surface area contributed by atoms with Gasteiger partial charge in [0.15, 0.2) is 0 Å². The summed E-state index contributed by atoms with van der Waals surface area (Å²) in [7, 11) is -7.27. The van der Waals surface area contributed by atoms with E-state index >= 15 is 0 Å². The minimum absolute atomic E-state index is 0.00228. The summed E-state index contributed by atoms with van der Waals surface area (Å²) in [6.07, 6.45) is 2.45. The van der Waals surface area contributed by atoms with Gasteiger partial charge in [0.2, 0.25) is 26.0 Å². The van der Waals surface area contributed by atoms with Crippen LogP contribution in [0.3, 0.4) is 0 Å². The minimum Gasteiger partial charge on any atom is -0.326 e. The molecule has 3 N–H and O–H groups in total. The number of aryl methyl sites for hydroxylation is 1. The van der Waals surface area contributed by atoms with Crippen LogP contribution in [0.25, 0.3) is 0 Å². The lowest BCUT2D eigenvalue weighted by Crippen LogP contribution is -2.35. The fraction of sp³-hybridized carbons (Fsp3) is 0.500. The lowest BCUT2D eigenvalue weighted by Gasteiger charge is -2.17. The number of sulfonamides is 2. The van der Waals surface area contributed by atoms with Gasteiger partial charge in [-0.2, -0.15) is 0 Å². The number of hydrogen-bond donors (Lipinski definition) is 3. The van der Waals surface area contributed by atoms with Gasteiger partial charge >= 0.3 is 0 Å². The molecule has 1 aromatic rings. The zero-order valence-corrected chi connectivity index (χ0v) is 14.5. The van der Waals surface area contributed by atoms with Crippen LogP contribution >= 0.6 is 0 Å². The molecule has 3 rings (SSSR count).